The monoisotopic (exact) mass is 377 g/mol. The minimum absolute atomic E-state index is 0.0807. The summed E-state index contributed by atoms with van der Waals surface area (Å²) in [5.41, 5.74) is 2.65. The molecule has 3 rings (SSSR count). The number of ether oxygens (including phenoxy) is 1. The Balaban J connectivity index is 1.51. The molecule has 0 aliphatic heterocycles. The van der Waals surface area contributed by atoms with Crippen LogP contribution in [0.1, 0.15) is 42.2 Å². The molecule has 0 radical (unpaired) electrons. The third-order valence-electron chi connectivity index (χ3n) is 4.44. The molecular formula is C22H23N3O3. The van der Waals surface area contributed by atoms with Gasteiger partial charge in [-0.1, -0.05) is 19.1 Å². The average molecular weight is 377 g/mol. The van der Waals surface area contributed by atoms with Crippen molar-refractivity contribution < 1.29 is 14.3 Å². The molecular weight excluding hydrogens is 354 g/mol. The van der Waals surface area contributed by atoms with Crippen LogP contribution in [-0.2, 0) is 4.79 Å². The Bertz CT molecular complexity index is 917. The maximum absolute atomic E-state index is 12.2. The number of aromatic nitrogens is 2. The van der Waals surface area contributed by atoms with Gasteiger partial charge >= 0.3 is 0 Å². The van der Waals surface area contributed by atoms with Crippen LogP contribution in [-0.4, -0.2) is 27.8 Å². The topological polar surface area (TPSA) is 73.2 Å². The molecule has 0 saturated carbocycles. The molecule has 2 aromatic carbocycles. The van der Waals surface area contributed by atoms with Crippen LogP contribution in [0, 0.1) is 0 Å². The number of benzene rings is 2. The summed E-state index contributed by atoms with van der Waals surface area (Å²) in [6.07, 6.45) is 5.81. The minimum atomic E-state index is -0.208. The number of nitrogens with zero attached hydrogens (tertiary/aromatic N) is 2. The van der Waals surface area contributed by atoms with Gasteiger partial charge in [0.25, 0.3) is 5.91 Å². The van der Waals surface area contributed by atoms with Gasteiger partial charge in [-0.3, -0.25) is 9.59 Å². The number of carbonyl (C=O) groups excluding carboxylic acids is 2. The summed E-state index contributed by atoms with van der Waals surface area (Å²) in [6.45, 7) is 3.66. The lowest BCUT2D eigenvalue weighted by atomic mass is 10.1. The number of rotatable bonds is 8. The van der Waals surface area contributed by atoms with Crippen molar-refractivity contribution >= 4 is 11.7 Å². The summed E-state index contributed by atoms with van der Waals surface area (Å²) < 4.78 is 7.42. The van der Waals surface area contributed by atoms with Crippen molar-refractivity contribution in [3.63, 3.8) is 0 Å². The van der Waals surface area contributed by atoms with Crippen LogP contribution in [0.3, 0.4) is 0 Å². The Morgan fingerprint density at radius 1 is 1.11 bits per heavy atom. The summed E-state index contributed by atoms with van der Waals surface area (Å²) in [6, 6.07) is 14.6. The Morgan fingerprint density at radius 3 is 2.43 bits per heavy atom. The quantitative estimate of drug-likeness (QED) is 0.607. The first kappa shape index (κ1) is 19.4. The highest BCUT2D eigenvalue weighted by atomic mass is 16.5. The highest BCUT2D eigenvalue weighted by Gasteiger charge is 2.11. The normalized spacial score (nSPS) is 11.6. The van der Waals surface area contributed by atoms with E-state index in [1.165, 1.54) is 0 Å². The lowest BCUT2D eigenvalue weighted by molar-refractivity contribution is -0.123. The number of imidazole rings is 1. The second kappa shape index (κ2) is 8.99. The predicted molar refractivity (Wildman–Crippen MR) is 107 cm³/mol. The van der Waals surface area contributed by atoms with Crippen LogP contribution >= 0.6 is 0 Å². The Kier molecular flexibility index (Phi) is 6.22. The molecule has 0 aliphatic carbocycles. The Morgan fingerprint density at radius 2 is 1.82 bits per heavy atom. The first-order valence-electron chi connectivity index (χ1n) is 9.20. The molecule has 6 heteroatoms. The fourth-order valence-electron chi connectivity index (χ4n) is 2.80. The van der Waals surface area contributed by atoms with Crippen LogP contribution in [0.5, 0.6) is 5.75 Å². The van der Waals surface area contributed by atoms with Crippen molar-refractivity contribution in [1.29, 1.82) is 0 Å². The number of hydrogen-bond donors (Lipinski definition) is 1. The van der Waals surface area contributed by atoms with E-state index in [4.69, 9.17) is 4.74 Å². The molecule has 144 valence electrons. The smallest absolute Gasteiger partial charge is 0.258 e. The van der Waals surface area contributed by atoms with Gasteiger partial charge in [0.1, 0.15) is 5.75 Å². The van der Waals surface area contributed by atoms with Crippen molar-refractivity contribution in [2.75, 3.05) is 6.61 Å². The average Bonchev–Trinajstić information content (AvgIpc) is 3.27. The molecule has 0 aliphatic rings. The molecule has 1 aromatic heterocycles. The first-order chi connectivity index (χ1) is 13.6. The largest absolute Gasteiger partial charge is 0.484 e. The van der Waals surface area contributed by atoms with Crippen molar-refractivity contribution in [3.05, 3.63) is 78.4 Å². The molecule has 3 aromatic rings. The van der Waals surface area contributed by atoms with Crippen molar-refractivity contribution in [2.24, 2.45) is 0 Å². The van der Waals surface area contributed by atoms with Crippen LogP contribution in [0.15, 0.2) is 67.3 Å². The van der Waals surface area contributed by atoms with Crippen LogP contribution in [0.25, 0.3) is 5.69 Å². The number of amides is 1. The highest BCUT2D eigenvalue weighted by molar-refractivity contribution is 5.95. The van der Waals surface area contributed by atoms with Crippen LogP contribution in [0.4, 0.5) is 0 Å². The van der Waals surface area contributed by atoms with Gasteiger partial charge in [0.15, 0.2) is 12.4 Å². The van der Waals surface area contributed by atoms with E-state index in [0.717, 1.165) is 11.3 Å². The van der Waals surface area contributed by atoms with Crippen molar-refractivity contribution in [3.8, 4) is 11.4 Å². The summed E-state index contributed by atoms with van der Waals surface area (Å²) in [5, 5.41) is 2.92. The zero-order valence-corrected chi connectivity index (χ0v) is 16.0. The number of nitrogens with one attached hydrogen (secondary N) is 1. The third kappa shape index (κ3) is 4.85. The summed E-state index contributed by atoms with van der Waals surface area (Å²) >= 11 is 0. The third-order valence-corrected chi connectivity index (χ3v) is 4.44. The Hall–Kier alpha value is -3.41. The molecule has 0 fully saturated rings. The van der Waals surface area contributed by atoms with Gasteiger partial charge in [0, 0.05) is 30.1 Å². The molecule has 1 N–H and O–H groups in total. The lowest BCUT2D eigenvalue weighted by Crippen LogP contribution is -2.31. The van der Waals surface area contributed by atoms with Gasteiger partial charge in [0.05, 0.1) is 12.4 Å². The van der Waals surface area contributed by atoms with E-state index in [-0.39, 0.29) is 24.3 Å². The van der Waals surface area contributed by atoms with E-state index in [2.05, 4.69) is 10.3 Å². The van der Waals surface area contributed by atoms with Gasteiger partial charge in [-0.2, -0.15) is 0 Å². The SMILES string of the molecule is CCC(=O)c1ccc(OCC(=O)NC(C)c2ccc(-n3ccnc3)cc2)cc1. The van der Waals surface area contributed by atoms with Gasteiger partial charge in [-0.15, -0.1) is 0 Å². The maximum atomic E-state index is 12.2. The Labute approximate surface area is 164 Å². The van der Waals surface area contributed by atoms with Gasteiger partial charge in [-0.25, -0.2) is 4.98 Å². The predicted octanol–water partition coefficient (Wildman–Crippen LogP) is 3.72. The maximum Gasteiger partial charge on any atom is 0.258 e. The van der Waals surface area contributed by atoms with E-state index in [9.17, 15) is 9.59 Å². The lowest BCUT2D eigenvalue weighted by Gasteiger charge is -2.15. The van der Waals surface area contributed by atoms with Crippen molar-refractivity contribution in [2.45, 2.75) is 26.3 Å². The van der Waals surface area contributed by atoms with Crippen LogP contribution < -0.4 is 10.1 Å². The molecule has 0 spiro atoms. The number of carbonyl (C=O) groups is 2. The second-order valence-electron chi connectivity index (χ2n) is 6.44. The second-order valence-corrected chi connectivity index (χ2v) is 6.44. The van der Waals surface area contributed by atoms with E-state index in [1.807, 2.05) is 48.9 Å². The van der Waals surface area contributed by atoms with Gasteiger partial charge < -0.3 is 14.6 Å². The van der Waals surface area contributed by atoms with E-state index in [0.29, 0.717) is 17.7 Å². The van der Waals surface area contributed by atoms with E-state index in [1.54, 1.807) is 36.8 Å². The summed E-state index contributed by atoms with van der Waals surface area (Å²) in [7, 11) is 0. The van der Waals surface area contributed by atoms with Crippen molar-refractivity contribution in [1.82, 2.24) is 14.9 Å². The van der Waals surface area contributed by atoms with Gasteiger partial charge in [-0.05, 0) is 48.9 Å². The molecule has 0 saturated heterocycles. The number of Topliss-reactive ketones (excluding diaryl/α,β-unsaturated/α-hetero) is 1. The number of hydrogen-bond acceptors (Lipinski definition) is 4. The fourth-order valence-corrected chi connectivity index (χ4v) is 2.80. The minimum Gasteiger partial charge on any atom is -0.484 e. The molecule has 1 unspecified atom stereocenters. The van der Waals surface area contributed by atoms with E-state index >= 15 is 0 Å². The van der Waals surface area contributed by atoms with Gasteiger partial charge in [0.2, 0.25) is 0 Å². The molecule has 0 bridgehead atoms. The molecule has 28 heavy (non-hydrogen) atoms. The fraction of sp³-hybridized carbons (Fsp3) is 0.227. The molecule has 1 amide bonds. The molecule has 1 atom stereocenters. The summed E-state index contributed by atoms with van der Waals surface area (Å²) in [4.78, 5) is 27.8. The summed E-state index contributed by atoms with van der Waals surface area (Å²) in [5.74, 6) is 0.428. The van der Waals surface area contributed by atoms with Crippen LogP contribution in [0.2, 0.25) is 0 Å². The molecule has 1 heterocycles. The number of ketones is 1. The zero-order chi connectivity index (χ0) is 19.9. The van der Waals surface area contributed by atoms with E-state index < -0.39 is 0 Å². The molecule has 6 nitrogen and oxygen atoms in total. The standard InChI is InChI=1S/C22H23N3O3/c1-3-21(26)18-6-10-20(11-7-18)28-14-22(27)24-16(2)17-4-8-19(9-5-17)25-13-12-23-15-25/h4-13,15-16H,3,14H2,1-2H3,(H,24,27). The highest BCUT2D eigenvalue weighted by Crippen LogP contribution is 2.16. The zero-order valence-electron chi connectivity index (χ0n) is 16.0. The first-order valence-corrected chi connectivity index (χ1v) is 9.20.